The van der Waals surface area contributed by atoms with Crippen LogP contribution in [0.4, 0.5) is 0 Å². The lowest BCUT2D eigenvalue weighted by atomic mass is 9.83. The number of hydrogen-bond acceptors (Lipinski definition) is 6. The van der Waals surface area contributed by atoms with Gasteiger partial charge in [-0.05, 0) is 53.8 Å². The molecule has 3 aromatic carbocycles. The highest BCUT2D eigenvalue weighted by Crippen LogP contribution is 2.41. The van der Waals surface area contributed by atoms with Gasteiger partial charge in [0.05, 0.1) is 23.4 Å². The number of aryl methyl sites for hydroxylation is 1. The zero-order valence-corrected chi connectivity index (χ0v) is 22.9. The maximum Gasteiger partial charge on any atom is 0.343 e. The SMILES string of the molecule is COC(=O)COc1ccccc1C=c1sc2n(c1=O)C(c1ccc(Br)cc1)C1=C(N=2)c2ccccc2CC1. The van der Waals surface area contributed by atoms with Gasteiger partial charge in [0.2, 0.25) is 0 Å². The molecular weight excluding hydrogens is 564 g/mol. The number of carbonyl (C=O) groups is 1. The van der Waals surface area contributed by atoms with Crippen LogP contribution in [0.15, 0.2) is 92.6 Å². The number of thiazole rings is 1. The summed E-state index contributed by atoms with van der Waals surface area (Å²) >= 11 is 4.90. The summed E-state index contributed by atoms with van der Waals surface area (Å²) in [5, 5.41) is 0. The molecule has 6 rings (SSSR count). The van der Waals surface area contributed by atoms with E-state index in [9.17, 15) is 9.59 Å². The summed E-state index contributed by atoms with van der Waals surface area (Å²) < 4.78 is 13.7. The molecule has 1 unspecified atom stereocenters. The fourth-order valence-corrected chi connectivity index (χ4v) is 6.29. The molecule has 1 atom stereocenters. The second-order valence-electron chi connectivity index (χ2n) is 9.07. The van der Waals surface area contributed by atoms with E-state index >= 15 is 0 Å². The van der Waals surface area contributed by atoms with Gasteiger partial charge in [0, 0.05) is 15.6 Å². The fraction of sp³-hybridized carbons (Fsp3) is 0.167. The normalized spacial score (nSPS) is 16.3. The number of hydrogen-bond donors (Lipinski definition) is 0. The topological polar surface area (TPSA) is 69.9 Å². The Kier molecular flexibility index (Phi) is 6.59. The van der Waals surface area contributed by atoms with Crippen molar-refractivity contribution in [1.29, 1.82) is 0 Å². The van der Waals surface area contributed by atoms with E-state index in [1.54, 1.807) is 6.07 Å². The molecule has 1 aliphatic carbocycles. The Labute approximate surface area is 231 Å². The van der Waals surface area contributed by atoms with Crippen LogP contribution in [0.3, 0.4) is 0 Å². The molecule has 1 aromatic heterocycles. The second kappa shape index (κ2) is 10.2. The van der Waals surface area contributed by atoms with Crippen molar-refractivity contribution in [2.75, 3.05) is 13.7 Å². The molecule has 8 heteroatoms. The predicted molar refractivity (Wildman–Crippen MR) is 151 cm³/mol. The molecule has 0 amide bonds. The van der Waals surface area contributed by atoms with E-state index in [2.05, 4.69) is 46.3 Å². The zero-order chi connectivity index (χ0) is 26.2. The van der Waals surface area contributed by atoms with Crippen LogP contribution in [0.5, 0.6) is 5.75 Å². The Morgan fingerprint density at radius 2 is 1.84 bits per heavy atom. The largest absolute Gasteiger partial charge is 0.481 e. The van der Waals surface area contributed by atoms with Crippen LogP contribution in [-0.2, 0) is 16.0 Å². The van der Waals surface area contributed by atoms with Gasteiger partial charge in [0.25, 0.3) is 5.56 Å². The highest BCUT2D eigenvalue weighted by atomic mass is 79.9. The Morgan fingerprint density at radius 1 is 1.08 bits per heavy atom. The molecule has 2 aliphatic rings. The predicted octanol–water partition coefficient (Wildman–Crippen LogP) is 4.63. The number of methoxy groups -OCH3 is 1. The van der Waals surface area contributed by atoms with Gasteiger partial charge in [-0.2, -0.15) is 0 Å². The summed E-state index contributed by atoms with van der Waals surface area (Å²) in [7, 11) is 1.32. The van der Waals surface area contributed by atoms with E-state index in [0.29, 0.717) is 20.6 Å². The lowest BCUT2D eigenvalue weighted by Crippen LogP contribution is -2.38. The molecule has 1 aliphatic heterocycles. The van der Waals surface area contributed by atoms with Crippen molar-refractivity contribution in [3.8, 4) is 5.75 Å². The van der Waals surface area contributed by atoms with Crippen molar-refractivity contribution >= 4 is 45.0 Å². The number of fused-ring (bicyclic) bond motifs is 3. The van der Waals surface area contributed by atoms with Crippen LogP contribution in [0.25, 0.3) is 11.8 Å². The summed E-state index contributed by atoms with van der Waals surface area (Å²) in [6, 6.07) is 23.6. The van der Waals surface area contributed by atoms with Gasteiger partial charge >= 0.3 is 5.97 Å². The van der Waals surface area contributed by atoms with Gasteiger partial charge in [-0.3, -0.25) is 9.36 Å². The number of allylic oxidation sites excluding steroid dienone is 1. The molecule has 0 fully saturated rings. The number of halogens is 1. The van der Waals surface area contributed by atoms with Gasteiger partial charge in [-0.1, -0.05) is 81.9 Å². The molecule has 0 radical (unpaired) electrons. The number of benzene rings is 3. The highest BCUT2D eigenvalue weighted by Gasteiger charge is 2.32. The molecule has 4 aromatic rings. The van der Waals surface area contributed by atoms with E-state index in [1.165, 1.54) is 24.0 Å². The first-order chi connectivity index (χ1) is 18.5. The van der Waals surface area contributed by atoms with Gasteiger partial charge in [-0.15, -0.1) is 0 Å². The lowest BCUT2D eigenvalue weighted by Gasteiger charge is -2.30. The standard InChI is InChI=1S/C30H23BrN2O4S/c1-36-26(34)17-37-24-9-5-3-7-20(24)16-25-29(35)33-28(19-10-13-21(31)14-11-19)23-15-12-18-6-2-4-8-22(18)27(23)32-30(33)38-25/h2-11,13-14,16,28H,12,15,17H2,1H3. The number of ether oxygens (including phenoxy) is 2. The first kappa shape index (κ1) is 24.6. The first-order valence-electron chi connectivity index (χ1n) is 12.2. The van der Waals surface area contributed by atoms with Crippen LogP contribution in [0.1, 0.15) is 34.7 Å². The smallest absolute Gasteiger partial charge is 0.343 e. The number of esters is 1. The number of carbonyl (C=O) groups excluding carboxylic acids is 1. The van der Waals surface area contributed by atoms with Gasteiger partial charge < -0.3 is 9.47 Å². The molecule has 0 spiro atoms. The van der Waals surface area contributed by atoms with Crippen molar-refractivity contribution < 1.29 is 14.3 Å². The number of para-hydroxylation sites is 1. The van der Waals surface area contributed by atoms with Crippen molar-refractivity contribution in [3.05, 3.63) is 125 Å². The highest BCUT2D eigenvalue weighted by molar-refractivity contribution is 9.10. The molecule has 190 valence electrons. The summed E-state index contributed by atoms with van der Waals surface area (Å²) in [6.07, 6.45) is 3.56. The van der Waals surface area contributed by atoms with E-state index in [1.807, 2.05) is 47.0 Å². The lowest BCUT2D eigenvalue weighted by molar-refractivity contribution is -0.142. The van der Waals surface area contributed by atoms with E-state index in [0.717, 1.165) is 39.7 Å². The monoisotopic (exact) mass is 586 g/mol. The molecule has 0 saturated carbocycles. The first-order valence-corrected chi connectivity index (χ1v) is 13.8. The summed E-state index contributed by atoms with van der Waals surface area (Å²) in [4.78, 5) is 31.3. The van der Waals surface area contributed by atoms with E-state index < -0.39 is 5.97 Å². The molecular formula is C30H23BrN2O4S. The summed E-state index contributed by atoms with van der Waals surface area (Å²) in [5.41, 5.74) is 6.19. The Bertz CT molecular complexity index is 1770. The Balaban J connectivity index is 1.53. The van der Waals surface area contributed by atoms with Gasteiger partial charge in [0.1, 0.15) is 5.75 Å². The second-order valence-corrected chi connectivity index (χ2v) is 11.0. The van der Waals surface area contributed by atoms with E-state index in [-0.39, 0.29) is 18.2 Å². The Hall–Kier alpha value is -3.75. The maximum absolute atomic E-state index is 13.9. The third-order valence-corrected chi connectivity index (χ3v) is 8.35. The number of nitrogens with zero attached hydrogens (tertiary/aromatic N) is 2. The van der Waals surface area contributed by atoms with Crippen molar-refractivity contribution in [1.82, 2.24) is 4.57 Å². The van der Waals surface area contributed by atoms with Crippen LogP contribution >= 0.6 is 27.3 Å². The quantitative estimate of drug-likeness (QED) is 0.320. The fourth-order valence-electron chi connectivity index (χ4n) is 5.04. The number of aromatic nitrogens is 1. The average molecular weight is 587 g/mol. The van der Waals surface area contributed by atoms with E-state index in [4.69, 9.17) is 14.5 Å². The number of rotatable bonds is 5. The van der Waals surface area contributed by atoms with Crippen LogP contribution < -0.4 is 19.6 Å². The molecule has 38 heavy (non-hydrogen) atoms. The Morgan fingerprint density at radius 3 is 2.66 bits per heavy atom. The molecule has 0 N–H and O–H groups in total. The molecule has 6 nitrogen and oxygen atoms in total. The molecule has 0 saturated heterocycles. The average Bonchev–Trinajstić information content (AvgIpc) is 3.26. The third kappa shape index (κ3) is 4.44. The van der Waals surface area contributed by atoms with Crippen LogP contribution in [0, 0.1) is 0 Å². The van der Waals surface area contributed by atoms with Crippen molar-refractivity contribution in [3.63, 3.8) is 0 Å². The zero-order valence-electron chi connectivity index (χ0n) is 20.5. The molecule has 2 heterocycles. The van der Waals surface area contributed by atoms with Gasteiger partial charge in [0.15, 0.2) is 11.4 Å². The van der Waals surface area contributed by atoms with Crippen molar-refractivity contribution in [2.24, 2.45) is 4.99 Å². The summed E-state index contributed by atoms with van der Waals surface area (Å²) in [6.45, 7) is -0.210. The van der Waals surface area contributed by atoms with Crippen LogP contribution in [0.2, 0.25) is 0 Å². The minimum absolute atomic E-state index is 0.102. The van der Waals surface area contributed by atoms with Gasteiger partial charge in [-0.25, -0.2) is 9.79 Å². The maximum atomic E-state index is 13.9. The minimum Gasteiger partial charge on any atom is -0.481 e. The summed E-state index contributed by atoms with van der Waals surface area (Å²) in [5.74, 6) is 0.0287. The molecule has 0 bridgehead atoms. The van der Waals surface area contributed by atoms with Crippen molar-refractivity contribution in [2.45, 2.75) is 18.9 Å². The van der Waals surface area contributed by atoms with Crippen LogP contribution in [-0.4, -0.2) is 24.3 Å². The minimum atomic E-state index is -0.473. The third-order valence-electron chi connectivity index (χ3n) is 6.84.